The zero-order valence-corrected chi connectivity index (χ0v) is 13.5. The molecule has 0 unspecified atom stereocenters. The normalized spacial score (nSPS) is 10.5. The molecule has 0 bridgehead atoms. The lowest BCUT2D eigenvalue weighted by atomic mass is 10.1. The van der Waals surface area contributed by atoms with Crippen molar-refractivity contribution >= 4 is 17.7 Å². The molecular formula is C18H20FNOS. The zero-order chi connectivity index (χ0) is 15.8. The molecule has 0 aromatic heterocycles. The van der Waals surface area contributed by atoms with Gasteiger partial charge in [0.2, 0.25) is 5.91 Å². The van der Waals surface area contributed by atoms with Crippen molar-refractivity contribution in [1.82, 2.24) is 5.32 Å². The Labute approximate surface area is 135 Å². The second-order valence-corrected chi connectivity index (χ2v) is 6.31. The van der Waals surface area contributed by atoms with E-state index in [0.717, 1.165) is 17.7 Å². The summed E-state index contributed by atoms with van der Waals surface area (Å²) in [5, 5.41) is 2.90. The average molecular weight is 317 g/mol. The minimum atomic E-state index is -0.235. The highest BCUT2D eigenvalue weighted by Gasteiger charge is 2.02. The Kier molecular flexibility index (Phi) is 6.46. The Morgan fingerprint density at radius 3 is 2.45 bits per heavy atom. The van der Waals surface area contributed by atoms with Gasteiger partial charge in [-0.25, -0.2) is 4.39 Å². The van der Waals surface area contributed by atoms with E-state index in [0.29, 0.717) is 13.0 Å². The molecule has 2 aromatic carbocycles. The van der Waals surface area contributed by atoms with Gasteiger partial charge in [-0.15, -0.1) is 11.8 Å². The topological polar surface area (TPSA) is 29.1 Å². The number of amides is 1. The summed E-state index contributed by atoms with van der Waals surface area (Å²) < 4.78 is 12.8. The summed E-state index contributed by atoms with van der Waals surface area (Å²) in [5.74, 6) is 0.591. The van der Waals surface area contributed by atoms with E-state index in [9.17, 15) is 9.18 Å². The van der Waals surface area contributed by atoms with Crippen molar-refractivity contribution in [1.29, 1.82) is 0 Å². The number of carbonyl (C=O) groups excluding carboxylic acids is 1. The van der Waals surface area contributed by atoms with Gasteiger partial charge < -0.3 is 5.32 Å². The van der Waals surface area contributed by atoms with Crippen molar-refractivity contribution in [2.75, 3.05) is 12.3 Å². The molecule has 0 saturated carbocycles. The van der Waals surface area contributed by atoms with E-state index in [1.54, 1.807) is 23.9 Å². The van der Waals surface area contributed by atoms with Crippen LogP contribution in [0.1, 0.15) is 17.5 Å². The number of thioether (sulfide) groups is 1. The van der Waals surface area contributed by atoms with Crippen molar-refractivity contribution in [3.63, 3.8) is 0 Å². The number of halogens is 1. The van der Waals surface area contributed by atoms with Gasteiger partial charge in [0.1, 0.15) is 5.82 Å². The maximum Gasteiger partial charge on any atom is 0.220 e. The zero-order valence-electron chi connectivity index (χ0n) is 12.6. The largest absolute Gasteiger partial charge is 0.356 e. The van der Waals surface area contributed by atoms with Crippen LogP contribution in [0.5, 0.6) is 0 Å². The molecule has 0 aliphatic rings. The van der Waals surface area contributed by atoms with Gasteiger partial charge in [0, 0.05) is 23.6 Å². The molecule has 0 heterocycles. The molecule has 2 rings (SSSR count). The lowest BCUT2D eigenvalue weighted by Crippen LogP contribution is -2.25. The summed E-state index contributed by atoms with van der Waals surface area (Å²) >= 11 is 1.69. The highest BCUT2D eigenvalue weighted by molar-refractivity contribution is 7.99. The minimum Gasteiger partial charge on any atom is -0.356 e. The Balaban J connectivity index is 1.61. The molecule has 116 valence electrons. The third-order valence-electron chi connectivity index (χ3n) is 3.27. The molecule has 0 saturated heterocycles. The Hall–Kier alpha value is -1.81. The molecule has 2 aromatic rings. The van der Waals surface area contributed by atoms with E-state index in [1.165, 1.54) is 22.6 Å². The Morgan fingerprint density at radius 2 is 1.77 bits per heavy atom. The lowest BCUT2D eigenvalue weighted by Gasteiger charge is -2.06. The summed E-state index contributed by atoms with van der Waals surface area (Å²) in [6, 6.07) is 14.7. The first-order valence-corrected chi connectivity index (χ1v) is 8.32. The number of rotatable bonds is 7. The van der Waals surface area contributed by atoms with Crippen molar-refractivity contribution in [3.8, 4) is 0 Å². The molecule has 0 aliphatic carbocycles. The van der Waals surface area contributed by atoms with Crippen LogP contribution in [0.3, 0.4) is 0 Å². The number of nitrogens with one attached hydrogen (secondary N) is 1. The predicted molar refractivity (Wildman–Crippen MR) is 89.6 cm³/mol. The number of hydrogen-bond acceptors (Lipinski definition) is 2. The van der Waals surface area contributed by atoms with E-state index < -0.39 is 0 Å². The van der Waals surface area contributed by atoms with Crippen LogP contribution in [-0.4, -0.2) is 18.2 Å². The number of hydrogen-bond donors (Lipinski definition) is 1. The van der Waals surface area contributed by atoms with Crippen LogP contribution >= 0.6 is 11.8 Å². The second kappa shape index (κ2) is 8.59. The van der Waals surface area contributed by atoms with Gasteiger partial charge >= 0.3 is 0 Å². The van der Waals surface area contributed by atoms with Gasteiger partial charge in [-0.1, -0.05) is 29.8 Å². The number of benzene rings is 2. The maximum absolute atomic E-state index is 12.8. The number of aryl methyl sites for hydroxylation is 1. The monoisotopic (exact) mass is 317 g/mol. The molecular weight excluding hydrogens is 297 g/mol. The van der Waals surface area contributed by atoms with Gasteiger partial charge in [0.15, 0.2) is 0 Å². The number of carbonyl (C=O) groups is 1. The molecule has 0 radical (unpaired) electrons. The van der Waals surface area contributed by atoms with Crippen molar-refractivity contribution in [2.24, 2.45) is 0 Å². The minimum absolute atomic E-state index is 0.0572. The third kappa shape index (κ3) is 5.90. The Bertz CT molecular complexity index is 542. The van der Waals surface area contributed by atoms with E-state index in [1.807, 2.05) is 0 Å². The predicted octanol–water partition coefficient (Wildman–Crippen LogP) is 3.98. The van der Waals surface area contributed by atoms with Crippen LogP contribution in [0.25, 0.3) is 0 Å². The van der Waals surface area contributed by atoms with Gasteiger partial charge in [-0.3, -0.25) is 4.79 Å². The van der Waals surface area contributed by atoms with Gasteiger partial charge in [-0.05, 0) is 43.2 Å². The van der Waals surface area contributed by atoms with E-state index in [4.69, 9.17) is 0 Å². The van der Waals surface area contributed by atoms with Crippen molar-refractivity contribution < 1.29 is 9.18 Å². The fourth-order valence-corrected chi connectivity index (χ4v) is 2.83. The van der Waals surface area contributed by atoms with Crippen LogP contribution in [0, 0.1) is 12.7 Å². The summed E-state index contributed by atoms with van der Waals surface area (Å²) in [6.45, 7) is 2.64. The smallest absolute Gasteiger partial charge is 0.220 e. The second-order valence-electron chi connectivity index (χ2n) is 5.14. The lowest BCUT2D eigenvalue weighted by molar-refractivity contribution is -0.120. The van der Waals surface area contributed by atoms with Crippen LogP contribution < -0.4 is 5.32 Å². The summed E-state index contributed by atoms with van der Waals surface area (Å²) in [6.07, 6.45) is 1.22. The molecule has 0 atom stereocenters. The summed E-state index contributed by atoms with van der Waals surface area (Å²) in [4.78, 5) is 12.9. The fraction of sp³-hybridized carbons (Fsp3) is 0.278. The first-order chi connectivity index (χ1) is 10.6. The molecule has 22 heavy (non-hydrogen) atoms. The first-order valence-electron chi connectivity index (χ1n) is 7.34. The summed E-state index contributed by atoms with van der Waals surface area (Å²) in [7, 11) is 0. The molecule has 1 N–H and O–H groups in total. The van der Waals surface area contributed by atoms with Crippen LogP contribution in [-0.2, 0) is 11.2 Å². The standard InChI is InChI=1S/C18H20FNOS/c1-14-2-8-17(9-3-14)22-13-11-18(21)20-12-10-15-4-6-16(19)7-5-15/h2-9H,10-13H2,1H3,(H,20,21). The third-order valence-corrected chi connectivity index (χ3v) is 4.28. The van der Waals surface area contributed by atoms with E-state index in [-0.39, 0.29) is 11.7 Å². The quantitative estimate of drug-likeness (QED) is 0.783. The van der Waals surface area contributed by atoms with Crippen LogP contribution in [0.15, 0.2) is 53.4 Å². The summed E-state index contributed by atoms with van der Waals surface area (Å²) in [5.41, 5.74) is 2.26. The van der Waals surface area contributed by atoms with E-state index >= 15 is 0 Å². The van der Waals surface area contributed by atoms with Gasteiger partial charge in [0.05, 0.1) is 0 Å². The van der Waals surface area contributed by atoms with Crippen molar-refractivity contribution in [3.05, 3.63) is 65.5 Å². The highest BCUT2D eigenvalue weighted by Crippen LogP contribution is 2.18. The maximum atomic E-state index is 12.8. The molecule has 1 amide bonds. The Morgan fingerprint density at radius 1 is 1.09 bits per heavy atom. The van der Waals surface area contributed by atoms with Crippen LogP contribution in [0.2, 0.25) is 0 Å². The van der Waals surface area contributed by atoms with Gasteiger partial charge in [0.25, 0.3) is 0 Å². The SMILES string of the molecule is Cc1ccc(SCCC(=O)NCCc2ccc(F)cc2)cc1. The van der Waals surface area contributed by atoms with Crippen LogP contribution in [0.4, 0.5) is 4.39 Å². The molecule has 2 nitrogen and oxygen atoms in total. The average Bonchev–Trinajstić information content (AvgIpc) is 2.51. The molecule has 0 aliphatic heterocycles. The molecule has 0 fully saturated rings. The molecule has 0 spiro atoms. The highest BCUT2D eigenvalue weighted by atomic mass is 32.2. The first kappa shape index (κ1) is 16.6. The van der Waals surface area contributed by atoms with Gasteiger partial charge in [-0.2, -0.15) is 0 Å². The van der Waals surface area contributed by atoms with Crippen molar-refractivity contribution in [2.45, 2.75) is 24.7 Å². The van der Waals surface area contributed by atoms with E-state index in [2.05, 4.69) is 36.5 Å². The molecule has 4 heteroatoms. The fourth-order valence-electron chi connectivity index (χ4n) is 1.98.